The van der Waals surface area contributed by atoms with Crippen LogP contribution < -0.4 is 5.32 Å². The van der Waals surface area contributed by atoms with Crippen LogP contribution in [0.1, 0.15) is 29.9 Å². The molecule has 1 aromatic heterocycles. The lowest BCUT2D eigenvalue weighted by atomic mass is 10.1. The van der Waals surface area contributed by atoms with Crippen molar-refractivity contribution < 1.29 is 14.3 Å². The number of nitrogens with zero attached hydrogens (tertiary/aromatic N) is 3. The summed E-state index contributed by atoms with van der Waals surface area (Å²) in [6.07, 6.45) is 0. The number of benzene rings is 2. The molecule has 1 amide bonds. The second-order valence-electron chi connectivity index (χ2n) is 7.27. The molecular formula is C22H18ClFN4O2. The monoisotopic (exact) mass is 424 g/mol. The van der Waals surface area contributed by atoms with Crippen LogP contribution in [0.3, 0.4) is 0 Å². The van der Waals surface area contributed by atoms with E-state index < -0.39 is 17.3 Å². The molecule has 6 nitrogen and oxygen atoms in total. The normalized spacial score (nSPS) is 11.1. The number of nitrogens with one attached hydrogen (secondary N) is 1. The van der Waals surface area contributed by atoms with Crippen molar-refractivity contribution in [3.63, 3.8) is 0 Å². The number of aliphatic hydroxyl groups is 1. The lowest BCUT2D eigenvalue weighted by molar-refractivity contribution is 0.0692. The van der Waals surface area contributed by atoms with Crippen molar-refractivity contribution in [1.82, 2.24) is 15.3 Å². The summed E-state index contributed by atoms with van der Waals surface area (Å²) < 4.78 is 13.7. The lowest BCUT2D eigenvalue weighted by Gasteiger charge is -2.17. The first-order valence-electron chi connectivity index (χ1n) is 9.02. The molecule has 0 unspecified atom stereocenters. The minimum Gasteiger partial charge on any atom is -0.389 e. The molecule has 30 heavy (non-hydrogen) atoms. The van der Waals surface area contributed by atoms with Gasteiger partial charge in [0.05, 0.1) is 16.9 Å². The van der Waals surface area contributed by atoms with Gasteiger partial charge in [0.1, 0.15) is 17.6 Å². The highest BCUT2D eigenvalue weighted by molar-refractivity contribution is 6.30. The number of halogens is 2. The van der Waals surface area contributed by atoms with Gasteiger partial charge < -0.3 is 10.4 Å². The van der Waals surface area contributed by atoms with Gasteiger partial charge in [-0.2, -0.15) is 5.26 Å². The van der Waals surface area contributed by atoms with Gasteiger partial charge >= 0.3 is 0 Å². The third-order valence-corrected chi connectivity index (χ3v) is 4.38. The van der Waals surface area contributed by atoms with Gasteiger partial charge in [0, 0.05) is 22.7 Å². The summed E-state index contributed by atoms with van der Waals surface area (Å²) in [5.41, 5.74) is 0.358. The van der Waals surface area contributed by atoms with E-state index in [0.29, 0.717) is 21.8 Å². The van der Waals surface area contributed by atoms with Crippen LogP contribution in [0.25, 0.3) is 22.6 Å². The average Bonchev–Trinajstić information content (AvgIpc) is 2.72. The third kappa shape index (κ3) is 5.17. The quantitative estimate of drug-likeness (QED) is 0.645. The SMILES string of the molecule is CC(C)(O)CNC(=O)c1cc(-c2ccc(Cl)cc2)nc(-c2ccc(F)c(C#N)c2)n1. The maximum Gasteiger partial charge on any atom is 0.270 e. The molecule has 0 saturated heterocycles. The largest absolute Gasteiger partial charge is 0.389 e. The van der Waals surface area contributed by atoms with Crippen LogP contribution in [-0.4, -0.2) is 33.1 Å². The van der Waals surface area contributed by atoms with Crippen molar-refractivity contribution >= 4 is 17.5 Å². The van der Waals surface area contributed by atoms with E-state index in [-0.39, 0.29) is 23.6 Å². The number of hydrogen-bond donors (Lipinski definition) is 2. The fourth-order valence-electron chi connectivity index (χ4n) is 2.60. The summed E-state index contributed by atoms with van der Waals surface area (Å²) in [5, 5.41) is 22.1. The van der Waals surface area contributed by atoms with Crippen molar-refractivity contribution in [2.45, 2.75) is 19.4 Å². The Morgan fingerprint density at radius 2 is 1.83 bits per heavy atom. The second-order valence-corrected chi connectivity index (χ2v) is 7.71. The molecule has 3 aromatic rings. The zero-order valence-electron chi connectivity index (χ0n) is 16.3. The van der Waals surface area contributed by atoms with Gasteiger partial charge in [-0.15, -0.1) is 0 Å². The Balaban J connectivity index is 2.10. The zero-order chi connectivity index (χ0) is 21.9. The van der Waals surface area contributed by atoms with Gasteiger partial charge in [-0.05, 0) is 50.2 Å². The van der Waals surface area contributed by atoms with Crippen molar-refractivity contribution in [2.75, 3.05) is 6.54 Å². The van der Waals surface area contributed by atoms with Crippen LogP contribution in [0.15, 0.2) is 48.5 Å². The summed E-state index contributed by atoms with van der Waals surface area (Å²) in [4.78, 5) is 21.4. The topological polar surface area (TPSA) is 98.9 Å². The van der Waals surface area contributed by atoms with Crippen LogP contribution in [0.2, 0.25) is 5.02 Å². The molecule has 0 fully saturated rings. The lowest BCUT2D eigenvalue weighted by Crippen LogP contribution is -2.38. The minimum atomic E-state index is -1.09. The molecule has 2 N–H and O–H groups in total. The van der Waals surface area contributed by atoms with Crippen LogP contribution in [0.4, 0.5) is 4.39 Å². The average molecular weight is 425 g/mol. The Hall–Kier alpha value is -3.34. The molecule has 1 heterocycles. The zero-order valence-corrected chi connectivity index (χ0v) is 17.0. The van der Waals surface area contributed by atoms with Crippen molar-refractivity contribution in [2.24, 2.45) is 0 Å². The standard InChI is InChI=1S/C22H18ClFN4O2/c1-22(2,30)12-26-21(29)19-10-18(13-3-6-16(23)7-4-13)27-20(28-19)14-5-8-17(24)15(9-14)11-25/h3-10,30H,12H2,1-2H3,(H,26,29). The van der Waals surface area contributed by atoms with Crippen LogP contribution in [-0.2, 0) is 0 Å². The third-order valence-electron chi connectivity index (χ3n) is 4.13. The van der Waals surface area contributed by atoms with Crippen LogP contribution in [0, 0.1) is 17.1 Å². The van der Waals surface area contributed by atoms with E-state index in [4.69, 9.17) is 16.9 Å². The molecule has 0 bridgehead atoms. The van der Waals surface area contributed by atoms with Crippen molar-refractivity contribution in [3.8, 4) is 28.7 Å². The summed E-state index contributed by atoms with van der Waals surface area (Å²) >= 11 is 5.95. The molecule has 0 radical (unpaired) electrons. The van der Waals surface area contributed by atoms with E-state index in [0.717, 1.165) is 6.07 Å². The molecule has 0 spiro atoms. The Labute approximate surface area is 178 Å². The van der Waals surface area contributed by atoms with Crippen molar-refractivity contribution in [3.05, 3.63) is 70.6 Å². The molecule has 0 atom stereocenters. The van der Waals surface area contributed by atoms with Gasteiger partial charge in [-0.1, -0.05) is 23.7 Å². The van der Waals surface area contributed by atoms with E-state index >= 15 is 0 Å². The van der Waals surface area contributed by atoms with Crippen LogP contribution >= 0.6 is 11.6 Å². The number of hydrogen-bond acceptors (Lipinski definition) is 5. The van der Waals surface area contributed by atoms with E-state index in [9.17, 15) is 14.3 Å². The number of aromatic nitrogens is 2. The molecule has 0 aliphatic heterocycles. The molecule has 152 valence electrons. The number of carbonyl (C=O) groups is 1. The highest BCUT2D eigenvalue weighted by Gasteiger charge is 2.18. The fraction of sp³-hybridized carbons (Fsp3) is 0.182. The summed E-state index contributed by atoms with van der Waals surface area (Å²) in [6.45, 7) is 3.16. The van der Waals surface area contributed by atoms with Crippen molar-refractivity contribution in [1.29, 1.82) is 5.26 Å². The molecule has 0 aliphatic carbocycles. The number of nitriles is 1. The number of amides is 1. The minimum absolute atomic E-state index is 0.0244. The maximum atomic E-state index is 13.7. The van der Waals surface area contributed by atoms with Gasteiger partial charge in [-0.25, -0.2) is 14.4 Å². The Bertz CT molecular complexity index is 1140. The molecule has 0 saturated carbocycles. The first-order valence-corrected chi connectivity index (χ1v) is 9.40. The Morgan fingerprint density at radius 1 is 1.17 bits per heavy atom. The first kappa shape index (κ1) is 21.4. The second kappa shape index (κ2) is 8.57. The van der Waals surface area contributed by atoms with Gasteiger partial charge in [0.2, 0.25) is 0 Å². The van der Waals surface area contributed by atoms with E-state index in [1.54, 1.807) is 44.2 Å². The number of carbonyl (C=O) groups excluding carboxylic acids is 1. The van der Waals surface area contributed by atoms with Crippen LogP contribution in [0.5, 0.6) is 0 Å². The van der Waals surface area contributed by atoms with E-state index in [1.807, 2.05) is 0 Å². The smallest absolute Gasteiger partial charge is 0.270 e. The Morgan fingerprint density at radius 3 is 2.47 bits per heavy atom. The number of rotatable bonds is 5. The predicted molar refractivity (Wildman–Crippen MR) is 111 cm³/mol. The Kier molecular flexibility index (Phi) is 6.11. The highest BCUT2D eigenvalue weighted by Crippen LogP contribution is 2.25. The van der Waals surface area contributed by atoms with Gasteiger partial charge in [0.25, 0.3) is 5.91 Å². The molecular weight excluding hydrogens is 407 g/mol. The predicted octanol–water partition coefficient (Wildman–Crippen LogP) is 3.98. The highest BCUT2D eigenvalue weighted by atomic mass is 35.5. The molecule has 8 heteroatoms. The first-order chi connectivity index (χ1) is 14.2. The fourth-order valence-corrected chi connectivity index (χ4v) is 2.72. The maximum absolute atomic E-state index is 13.7. The van der Waals surface area contributed by atoms with E-state index in [1.165, 1.54) is 18.2 Å². The summed E-state index contributed by atoms with van der Waals surface area (Å²) in [7, 11) is 0. The molecule has 2 aromatic carbocycles. The molecule has 3 rings (SSSR count). The van der Waals surface area contributed by atoms with Gasteiger partial charge in [0.15, 0.2) is 5.82 Å². The van der Waals surface area contributed by atoms with E-state index in [2.05, 4.69) is 15.3 Å². The summed E-state index contributed by atoms with van der Waals surface area (Å²) in [6, 6.07) is 14.1. The summed E-state index contributed by atoms with van der Waals surface area (Å²) in [5.74, 6) is -0.996. The van der Waals surface area contributed by atoms with Gasteiger partial charge in [-0.3, -0.25) is 4.79 Å². The molecule has 0 aliphatic rings.